The average Bonchev–Trinajstić information content (AvgIpc) is 3.11. The first-order valence-corrected chi connectivity index (χ1v) is 10.3. The van der Waals surface area contributed by atoms with E-state index in [0.717, 1.165) is 5.56 Å². The first kappa shape index (κ1) is 22.5. The second-order valence-electron chi connectivity index (χ2n) is 7.76. The van der Waals surface area contributed by atoms with Crippen molar-refractivity contribution >= 4 is 42.5 Å². The van der Waals surface area contributed by atoms with Crippen LogP contribution >= 0.6 is 11.6 Å². The van der Waals surface area contributed by atoms with Crippen molar-refractivity contribution in [3.63, 3.8) is 0 Å². The zero-order chi connectivity index (χ0) is 23.6. The summed E-state index contributed by atoms with van der Waals surface area (Å²) in [5.41, 5.74) is 2.87. The lowest BCUT2D eigenvalue weighted by atomic mass is 9.83. The van der Waals surface area contributed by atoms with Crippen LogP contribution in [0, 0.1) is 11.3 Å². The van der Waals surface area contributed by atoms with Crippen molar-refractivity contribution in [1.29, 1.82) is 5.26 Å². The number of aliphatic hydroxyl groups excluding tert-OH is 1. The van der Waals surface area contributed by atoms with Crippen molar-refractivity contribution < 1.29 is 14.6 Å². The van der Waals surface area contributed by atoms with Gasteiger partial charge in [-0.3, -0.25) is 0 Å². The minimum Gasteiger partial charge on any atom is -0.480 e. The number of rotatable bonds is 7. The second kappa shape index (κ2) is 9.06. The fourth-order valence-corrected chi connectivity index (χ4v) is 4.05. The molecule has 3 aromatic rings. The highest BCUT2D eigenvalue weighted by Gasteiger charge is 2.40. The smallest absolute Gasteiger partial charge is 0.329 e. The monoisotopic (exact) mass is 461 g/mol. The molecule has 33 heavy (non-hydrogen) atoms. The summed E-state index contributed by atoms with van der Waals surface area (Å²) < 4.78 is 5.25. The molecule has 0 spiro atoms. The van der Waals surface area contributed by atoms with Gasteiger partial charge < -0.3 is 24.8 Å². The summed E-state index contributed by atoms with van der Waals surface area (Å²) in [6.07, 6.45) is 3.73. The van der Waals surface area contributed by atoms with Crippen molar-refractivity contribution in [1.82, 2.24) is 15.0 Å². The molecule has 4 rings (SSSR count). The summed E-state index contributed by atoms with van der Waals surface area (Å²) in [4.78, 5) is 25.8. The van der Waals surface area contributed by atoms with E-state index in [9.17, 15) is 15.2 Å². The van der Waals surface area contributed by atoms with Crippen LogP contribution in [0.1, 0.15) is 18.1 Å². The Hall–Kier alpha value is -3.68. The SMILES string of the molecule is COc1ncc(Cl)cc1Nc1nccc(-c2cc(C#N)c3c(c2)[C@](C)(CO)CN3[B]C=O)n1. The molecule has 0 unspecified atom stereocenters. The third kappa shape index (κ3) is 4.20. The number of pyridine rings is 1. The number of ether oxygens (including phenoxy) is 1. The summed E-state index contributed by atoms with van der Waals surface area (Å²) in [6, 6.07) is 9.18. The van der Waals surface area contributed by atoms with Gasteiger partial charge in [-0.05, 0) is 29.8 Å². The minimum atomic E-state index is -0.648. The van der Waals surface area contributed by atoms with Gasteiger partial charge in [0.2, 0.25) is 11.8 Å². The maximum Gasteiger partial charge on any atom is 0.329 e. The largest absolute Gasteiger partial charge is 0.480 e. The molecule has 1 atom stereocenters. The lowest BCUT2D eigenvalue weighted by Crippen LogP contribution is -2.36. The van der Waals surface area contributed by atoms with E-state index in [-0.39, 0.29) is 12.6 Å². The van der Waals surface area contributed by atoms with Crippen molar-refractivity contribution in [2.75, 3.05) is 30.4 Å². The van der Waals surface area contributed by atoms with Crippen LogP contribution in [-0.2, 0) is 10.2 Å². The Morgan fingerprint density at radius 3 is 2.94 bits per heavy atom. The van der Waals surface area contributed by atoms with Crippen molar-refractivity contribution in [3.8, 4) is 23.2 Å². The van der Waals surface area contributed by atoms with Crippen LogP contribution in [0.2, 0.25) is 5.02 Å². The molecule has 0 aliphatic carbocycles. The fraction of sp³-hybridized carbons (Fsp3) is 0.227. The molecule has 0 saturated carbocycles. The molecular formula is C22H19BClN6O3. The van der Waals surface area contributed by atoms with E-state index >= 15 is 0 Å². The predicted molar refractivity (Wildman–Crippen MR) is 126 cm³/mol. The van der Waals surface area contributed by atoms with Crippen molar-refractivity contribution in [2.45, 2.75) is 12.3 Å². The number of nitriles is 1. The molecule has 1 aromatic carbocycles. The number of methoxy groups -OCH3 is 1. The van der Waals surface area contributed by atoms with E-state index in [2.05, 4.69) is 26.3 Å². The lowest BCUT2D eigenvalue weighted by Gasteiger charge is -2.23. The average molecular weight is 462 g/mol. The second-order valence-corrected chi connectivity index (χ2v) is 8.20. The summed E-state index contributed by atoms with van der Waals surface area (Å²) >= 11 is 6.05. The Bertz CT molecular complexity index is 1270. The predicted octanol–water partition coefficient (Wildman–Crippen LogP) is 2.70. The molecule has 2 N–H and O–H groups in total. The van der Waals surface area contributed by atoms with E-state index in [0.29, 0.717) is 51.8 Å². The summed E-state index contributed by atoms with van der Waals surface area (Å²) in [5, 5.41) is 23.4. The number of hydrogen-bond acceptors (Lipinski definition) is 9. The molecule has 165 valence electrons. The number of fused-ring (bicyclic) bond motifs is 1. The minimum absolute atomic E-state index is 0.143. The van der Waals surface area contributed by atoms with Crippen LogP contribution in [-0.4, -0.2) is 53.9 Å². The number of nitrogens with zero attached hydrogens (tertiary/aromatic N) is 5. The molecule has 1 aliphatic rings. The number of hydrogen-bond donors (Lipinski definition) is 2. The van der Waals surface area contributed by atoms with Gasteiger partial charge in [-0.15, -0.1) is 0 Å². The molecule has 1 aliphatic heterocycles. The number of anilines is 3. The zero-order valence-corrected chi connectivity index (χ0v) is 18.7. The van der Waals surface area contributed by atoms with Crippen LogP contribution in [0.25, 0.3) is 11.3 Å². The molecule has 1 radical (unpaired) electrons. The number of carbonyl (C=O) groups excluding carboxylic acids is 1. The number of halogens is 1. The van der Waals surface area contributed by atoms with Crippen molar-refractivity contribution in [3.05, 3.63) is 52.8 Å². The first-order chi connectivity index (χ1) is 15.9. The van der Waals surface area contributed by atoms with E-state index in [4.69, 9.17) is 16.3 Å². The standard InChI is InChI=1S/C22H19BClN6O3/c1-22(11-31)10-30(23-12-32)19-14(8-25)5-13(6-16(19)22)17-3-4-26-21(28-17)29-18-7-15(24)9-27-20(18)33-2/h3-7,9,12,31H,10-11H2,1-2H3,(H,26,28,29)/t22-/m0/s1. The number of benzene rings is 1. The molecule has 9 nitrogen and oxygen atoms in total. The van der Waals surface area contributed by atoms with Gasteiger partial charge in [-0.25, -0.2) is 15.0 Å². The number of aromatic nitrogens is 3. The van der Waals surface area contributed by atoms with Crippen molar-refractivity contribution in [2.24, 2.45) is 0 Å². The Morgan fingerprint density at radius 2 is 2.24 bits per heavy atom. The topological polar surface area (TPSA) is 124 Å². The van der Waals surface area contributed by atoms with E-state index in [1.807, 2.05) is 13.0 Å². The van der Waals surface area contributed by atoms with Gasteiger partial charge in [0.25, 0.3) is 0 Å². The summed E-state index contributed by atoms with van der Waals surface area (Å²) in [5.74, 6) is 0.623. The normalized spacial score (nSPS) is 16.6. The molecule has 11 heteroatoms. The van der Waals surface area contributed by atoms with Gasteiger partial charge in [0.05, 0.1) is 30.0 Å². The highest BCUT2D eigenvalue weighted by molar-refractivity contribution is 6.70. The van der Waals surface area contributed by atoms with Crippen LogP contribution in [0.15, 0.2) is 36.7 Å². The first-order valence-electron chi connectivity index (χ1n) is 9.97. The zero-order valence-electron chi connectivity index (χ0n) is 17.9. The van der Waals surface area contributed by atoms with Crippen LogP contribution in [0.5, 0.6) is 5.88 Å². The lowest BCUT2D eigenvalue weighted by molar-refractivity contribution is 0.217. The Balaban J connectivity index is 1.77. The molecule has 2 aromatic heterocycles. The Kier molecular flexibility index (Phi) is 6.18. The maximum atomic E-state index is 11.1. The van der Waals surface area contributed by atoms with Crippen LogP contribution < -0.4 is 14.9 Å². The van der Waals surface area contributed by atoms with Gasteiger partial charge in [-0.1, -0.05) is 18.5 Å². The Morgan fingerprint density at radius 1 is 1.42 bits per heavy atom. The third-order valence-corrected chi connectivity index (χ3v) is 5.69. The number of nitrogens with one attached hydrogen (secondary N) is 1. The molecule has 0 amide bonds. The highest BCUT2D eigenvalue weighted by Crippen LogP contribution is 2.44. The number of carbonyl (C=O) groups is 1. The Labute approximate surface area is 196 Å². The number of aliphatic hydroxyl groups is 1. The third-order valence-electron chi connectivity index (χ3n) is 5.49. The van der Waals surface area contributed by atoms with Gasteiger partial charge in [0, 0.05) is 35.6 Å². The van der Waals surface area contributed by atoms with Gasteiger partial charge in [0.15, 0.2) is 0 Å². The van der Waals surface area contributed by atoms with Gasteiger partial charge in [-0.2, -0.15) is 5.26 Å². The molecule has 3 heterocycles. The quantitative estimate of drug-likeness (QED) is 0.403. The summed E-state index contributed by atoms with van der Waals surface area (Å²) in [7, 11) is 2.87. The van der Waals surface area contributed by atoms with Crippen LogP contribution in [0.3, 0.4) is 0 Å². The maximum absolute atomic E-state index is 11.1. The molecule has 0 saturated heterocycles. The van der Waals surface area contributed by atoms with E-state index in [1.54, 1.807) is 29.2 Å². The highest BCUT2D eigenvalue weighted by atomic mass is 35.5. The van der Waals surface area contributed by atoms with Gasteiger partial charge >= 0.3 is 7.41 Å². The molecule has 0 bridgehead atoms. The summed E-state index contributed by atoms with van der Waals surface area (Å²) in [6.45, 7) is 2.13. The van der Waals surface area contributed by atoms with E-state index in [1.165, 1.54) is 20.7 Å². The van der Waals surface area contributed by atoms with Gasteiger partial charge in [0.1, 0.15) is 17.9 Å². The molecular weight excluding hydrogens is 443 g/mol. The van der Waals surface area contributed by atoms with E-state index < -0.39 is 5.41 Å². The fourth-order valence-electron chi connectivity index (χ4n) is 3.89. The molecule has 0 fully saturated rings. The van der Waals surface area contributed by atoms with Crippen LogP contribution in [0.4, 0.5) is 17.3 Å².